The van der Waals surface area contributed by atoms with E-state index in [-0.39, 0.29) is 13.2 Å². The van der Waals surface area contributed by atoms with Crippen molar-refractivity contribution in [3.8, 4) is 0 Å². The zero-order valence-corrected chi connectivity index (χ0v) is 14.4. The quantitative estimate of drug-likeness (QED) is 0.662. The van der Waals surface area contributed by atoms with Crippen LogP contribution in [0.5, 0.6) is 0 Å². The van der Waals surface area contributed by atoms with Crippen LogP contribution in [0.3, 0.4) is 0 Å². The molecule has 0 aliphatic rings. The lowest BCUT2D eigenvalue weighted by Crippen LogP contribution is -2.27. The first-order valence-electron chi connectivity index (χ1n) is 8.03. The first-order valence-corrected chi connectivity index (χ1v) is 8.03. The Labute approximate surface area is 142 Å². The van der Waals surface area contributed by atoms with Crippen molar-refractivity contribution in [2.45, 2.75) is 39.2 Å². The summed E-state index contributed by atoms with van der Waals surface area (Å²) in [5.74, 6) is -1.18. The van der Waals surface area contributed by atoms with E-state index < -0.39 is 30.6 Å². The number of carbonyl (C=O) groups excluding carboxylic acids is 2. The van der Waals surface area contributed by atoms with E-state index in [0.717, 1.165) is 12.0 Å². The minimum atomic E-state index is -1.12. The largest absolute Gasteiger partial charge is 0.462 e. The smallest absolute Gasteiger partial charge is 0.331 e. The number of rotatable bonds is 9. The summed E-state index contributed by atoms with van der Waals surface area (Å²) < 4.78 is 9.58. The van der Waals surface area contributed by atoms with Crippen molar-refractivity contribution in [3.05, 3.63) is 35.4 Å². The number of hydrogen-bond acceptors (Lipinski definition) is 6. The van der Waals surface area contributed by atoms with Crippen molar-refractivity contribution in [1.29, 1.82) is 0 Å². The highest BCUT2D eigenvalue weighted by Gasteiger charge is 2.19. The summed E-state index contributed by atoms with van der Waals surface area (Å²) in [6.07, 6.45) is -0.136. The number of ether oxygens (including phenoxy) is 2. The highest BCUT2D eigenvalue weighted by molar-refractivity contribution is 5.77. The van der Waals surface area contributed by atoms with Crippen molar-refractivity contribution in [2.24, 2.45) is 5.92 Å². The SMILES string of the molecule is CC(C)Cc1ccc(C(C)C(=O)OCC(O)COC(=O)CO)cc1. The van der Waals surface area contributed by atoms with Crippen LogP contribution in [0.15, 0.2) is 24.3 Å². The molecule has 1 aromatic rings. The van der Waals surface area contributed by atoms with Crippen LogP contribution in [-0.2, 0) is 25.5 Å². The zero-order valence-electron chi connectivity index (χ0n) is 14.4. The van der Waals surface area contributed by atoms with Crippen molar-refractivity contribution in [1.82, 2.24) is 0 Å². The molecule has 0 radical (unpaired) electrons. The molecule has 0 saturated carbocycles. The van der Waals surface area contributed by atoms with Gasteiger partial charge in [0.15, 0.2) is 0 Å². The van der Waals surface area contributed by atoms with Gasteiger partial charge in [-0.15, -0.1) is 0 Å². The van der Waals surface area contributed by atoms with Crippen molar-refractivity contribution in [3.63, 3.8) is 0 Å². The topological polar surface area (TPSA) is 93.1 Å². The van der Waals surface area contributed by atoms with E-state index >= 15 is 0 Å². The van der Waals surface area contributed by atoms with Gasteiger partial charge in [-0.1, -0.05) is 38.1 Å². The minimum Gasteiger partial charge on any atom is -0.462 e. The average molecular weight is 338 g/mol. The Balaban J connectivity index is 2.45. The third-order valence-electron chi connectivity index (χ3n) is 3.46. The van der Waals surface area contributed by atoms with Gasteiger partial charge in [0.2, 0.25) is 0 Å². The van der Waals surface area contributed by atoms with Crippen LogP contribution >= 0.6 is 0 Å². The summed E-state index contributed by atoms with van der Waals surface area (Å²) >= 11 is 0. The van der Waals surface area contributed by atoms with E-state index in [0.29, 0.717) is 5.92 Å². The van der Waals surface area contributed by atoms with Crippen molar-refractivity contribution >= 4 is 11.9 Å². The van der Waals surface area contributed by atoms with Crippen LogP contribution in [0, 0.1) is 5.92 Å². The van der Waals surface area contributed by atoms with Gasteiger partial charge in [0.05, 0.1) is 5.92 Å². The second-order valence-electron chi connectivity index (χ2n) is 6.19. The van der Waals surface area contributed by atoms with E-state index in [2.05, 4.69) is 18.6 Å². The van der Waals surface area contributed by atoms with Crippen LogP contribution in [0.4, 0.5) is 0 Å². The van der Waals surface area contributed by atoms with Crippen LogP contribution in [0.25, 0.3) is 0 Å². The summed E-state index contributed by atoms with van der Waals surface area (Å²) in [5.41, 5.74) is 2.06. The van der Waals surface area contributed by atoms with Gasteiger partial charge in [0.1, 0.15) is 25.9 Å². The predicted octanol–water partition coefficient (Wildman–Crippen LogP) is 1.43. The lowest BCUT2D eigenvalue weighted by atomic mass is 9.97. The third-order valence-corrected chi connectivity index (χ3v) is 3.46. The first-order chi connectivity index (χ1) is 11.3. The van der Waals surface area contributed by atoms with Gasteiger partial charge in [0, 0.05) is 0 Å². The fraction of sp³-hybridized carbons (Fsp3) is 0.556. The van der Waals surface area contributed by atoms with Crippen LogP contribution in [-0.4, -0.2) is 48.1 Å². The molecule has 0 amide bonds. The van der Waals surface area contributed by atoms with E-state index in [1.807, 2.05) is 24.3 Å². The number of carbonyl (C=O) groups is 2. The summed E-state index contributed by atoms with van der Waals surface area (Å²) in [6, 6.07) is 7.82. The second-order valence-corrected chi connectivity index (χ2v) is 6.19. The molecule has 0 fully saturated rings. The summed E-state index contributed by atoms with van der Waals surface area (Å²) in [5, 5.41) is 18.1. The molecule has 24 heavy (non-hydrogen) atoms. The van der Waals surface area contributed by atoms with Gasteiger partial charge >= 0.3 is 11.9 Å². The fourth-order valence-corrected chi connectivity index (χ4v) is 2.14. The molecule has 6 nitrogen and oxygen atoms in total. The van der Waals surface area contributed by atoms with Gasteiger partial charge in [-0.25, -0.2) is 4.79 Å². The van der Waals surface area contributed by atoms with E-state index in [1.165, 1.54) is 5.56 Å². The molecular formula is C18H26O6. The maximum absolute atomic E-state index is 12.0. The van der Waals surface area contributed by atoms with Crippen LogP contribution < -0.4 is 0 Å². The standard InChI is InChI=1S/C18H26O6/c1-12(2)8-14-4-6-15(7-5-14)13(3)18(22)24-11-16(20)10-23-17(21)9-19/h4-7,12-13,16,19-20H,8-11H2,1-3H3. The average Bonchev–Trinajstić information content (AvgIpc) is 2.56. The molecule has 134 valence electrons. The second kappa shape index (κ2) is 10.1. The van der Waals surface area contributed by atoms with Crippen LogP contribution in [0.1, 0.15) is 37.8 Å². The number of benzene rings is 1. The number of esters is 2. The van der Waals surface area contributed by atoms with Gasteiger partial charge in [-0.2, -0.15) is 0 Å². The molecule has 0 aliphatic carbocycles. The Hall–Kier alpha value is -1.92. The molecule has 0 aromatic heterocycles. The highest BCUT2D eigenvalue weighted by atomic mass is 16.6. The van der Waals surface area contributed by atoms with E-state index in [4.69, 9.17) is 9.84 Å². The molecule has 2 atom stereocenters. The number of hydrogen-bond donors (Lipinski definition) is 2. The number of aliphatic hydroxyl groups excluding tert-OH is 2. The molecule has 0 spiro atoms. The molecule has 2 unspecified atom stereocenters. The lowest BCUT2D eigenvalue weighted by Gasteiger charge is -2.15. The molecule has 1 rings (SSSR count). The van der Waals surface area contributed by atoms with Gasteiger partial charge in [-0.3, -0.25) is 4.79 Å². The Morgan fingerprint density at radius 3 is 2.17 bits per heavy atom. The Morgan fingerprint density at radius 2 is 1.62 bits per heavy atom. The minimum absolute atomic E-state index is 0.271. The number of aliphatic hydroxyl groups is 2. The Morgan fingerprint density at radius 1 is 1.04 bits per heavy atom. The van der Waals surface area contributed by atoms with E-state index in [9.17, 15) is 14.7 Å². The molecule has 2 N–H and O–H groups in total. The summed E-state index contributed by atoms with van der Waals surface area (Å²) in [4.78, 5) is 22.8. The van der Waals surface area contributed by atoms with Gasteiger partial charge < -0.3 is 19.7 Å². The maximum atomic E-state index is 12.0. The summed E-state index contributed by atoms with van der Waals surface area (Å²) in [6.45, 7) is 4.68. The molecule has 0 saturated heterocycles. The van der Waals surface area contributed by atoms with Gasteiger partial charge in [0.25, 0.3) is 0 Å². The predicted molar refractivity (Wildman–Crippen MR) is 88.4 cm³/mol. The highest BCUT2D eigenvalue weighted by Crippen LogP contribution is 2.19. The molecule has 0 heterocycles. The molecule has 0 bridgehead atoms. The monoisotopic (exact) mass is 338 g/mol. The maximum Gasteiger partial charge on any atom is 0.331 e. The van der Waals surface area contributed by atoms with Crippen molar-refractivity contribution < 1.29 is 29.3 Å². The third kappa shape index (κ3) is 7.10. The molecular weight excluding hydrogens is 312 g/mol. The lowest BCUT2D eigenvalue weighted by molar-refractivity contribution is -0.154. The summed E-state index contributed by atoms with van der Waals surface area (Å²) in [7, 11) is 0. The molecule has 6 heteroatoms. The van der Waals surface area contributed by atoms with Gasteiger partial charge in [-0.05, 0) is 30.4 Å². The zero-order chi connectivity index (χ0) is 18.1. The fourth-order valence-electron chi connectivity index (χ4n) is 2.14. The Kier molecular flexibility index (Phi) is 8.43. The molecule has 1 aromatic carbocycles. The van der Waals surface area contributed by atoms with Crippen molar-refractivity contribution in [2.75, 3.05) is 19.8 Å². The molecule has 0 aliphatic heterocycles. The van der Waals surface area contributed by atoms with Crippen LogP contribution in [0.2, 0.25) is 0 Å². The normalized spacial score (nSPS) is 13.4. The Bertz CT molecular complexity index is 523. The first kappa shape index (κ1) is 20.1. The van der Waals surface area contributed by atoms with E-state index in [1.54, 1.807) is 6.92 Å².